The molecule has 0 aromatic heterocycles. The first kappa shape index (κ1) is 16.9. The molecule has 0 amide bonds. The predicted octanol–water partition coefficient (Wildman–Crippen LogP) is 2.08. The van der Waals surface area contributed by atoms with Crippen LogP contribution in [0.25, 0.3) is 0 Å². The molecule has 0 N–H and O–H groups in total. The van der Waals surface area contributed by atoms with Crippen molar-refractivity contribution >= 4 is 11.9 Å². The highest BCUT2D eigenvalue weighted by atomic mass is 16.6. The molecule has 0 aromatic carbocycles. The smallest absolute Gasteiger partial charge is 0.305 e. The van der Waals surface area contributed by atoms with E-state index in [0.717, 1.165) is 12.8 Å². The van der Waals surface area contributed by atoms with Crippen LogP contribution in [-0.4, -0.2) is 38.4 Å². The Morgan fingerprint density at radius 2 is 1.44 bits per heavy atom. The standard InChI is InChI=1S/C13H24O5/c1-3-5-9-17-12(14)7-6-8-13(15)18-11-10-16-4-2/h3-11H2,1-2H3. The fraction of sp³-hybridized carbons (Fsp3) is 0.846. The molecule has 0 bridgehead atoms. The quantitative estimate of drug-likeness (QED) is 0.420. The summed E-state index contributed by atoms with van der Waals surface area (Å²) in [5.74, 6) is -0.540. The Balaban J connectivity index is 3.35. The summed E-state index contributed by atoms with van der Waals surface area (Å²) in [7, 11) is 0. The van der Waals surface area contributed by atoms with Crippen molar-refractivity contribution in [1.29, 1.82) is 0 Å². The van der Waals surface area contributed by atoms with Gasteiger partial charge in [0.15, 0.2) is 0 Å². The van der Waals surface area contributed by atoms with E-state index >= 15 is 0 Å². The van der Waals surface area contributed by atoms with E-state index in [1.165, 1.54) is 0 Å². The van der Waals surface area contributed by atoms with Gasteiger partial charge in [-0.3, -0.25) is 9.59 Å². The van der Waals surface area contributed by atoms with Crippen LogP contribution in [0.3, 0.4) is 0 Å². The highest BCUT2D eigenvalue weighted by molar-refractivity contribution is 5.72. The van der Waals surface area contributed by atoms with Gasteiger partial charge in [-0.15, -0.1) is 0 Å². The number of hydrogen-bond acceptors (Lipinski definition) is 5. The van der Waals surface area contributed by atoms with Crippen LogP contribution in [0.15, 0.2) is 0 Å². The second kappa shape index (κ2) is 12.4. The zero-order chi connectivity index (χ0) is 13.6. The van der Waals surface area contributed by atoms with Gasteiger partial charge in [-0.2, -0.15) is 0 Å². The summed E-state index contributed by atoms with van der Waals surface area (Å²) < 4.78 is 14.9. The lowest BCUT2D eigenvalue weighted by Gasteiger charge is -2.05. The fourth-order valence-electron chi connectivity index (χ4n) is 1.21. The first-order valence-corrected chi connectivity index (χ1v) is 6.59. The molecule has 0 saturated carbocycles. The molecule has 0 aliphatic carbocycles. The largest absolute Gasteiger partial charge is 0.466 e. The Bertz CT molecular complexity index is 227. The predicted molar refractivity (Wildman–Crippen MR) is 67.2 cm³/mol. The minimum absolute atomic E-state index is 0.245. The number of ether oxygens (including phenoxy) is 3. The molecule has 0 aliphatic rings. The molecule has 0 aromatic rings. The van der Waals surface area contributed by atoms with Gasteiger partial charge in [-0.25, -0.2) is 0 Å². The van der Waals surface area contributed by atoms with Gasteiger partial charge in [0.1, 0.15) is 6.61 Å². The van der Waals surface area contributed by atoms with E-state index in [-0.39, 0.29) is 31.4 Å². The molecule has 0 heterocycles. The van der Waals surface area contributed by atoms with Gasteiger partial charge in [0.2, 0.25) is 0 Å². The lowest BCUT2D eigenvalue weighted by atomic mass is 10.2. The van der Waals surface area contributed by atoms with Gasteiger partial charge in [-0.1, -0.05) is 13.3 Å². The Morgan fingerprint density at radius 3 is 2.00 bits per heavy atom. The maximum atomic E-state index is 11.2. The number of unbranched alkanes of at least 4 members (excludes halogenated alkanes) is 1. The summed E-state index contributed by atoms with van der Waals surface area (Å²) >= 11 is 0. The molecular formula is C13H24O5. The van der Waals surface area contributed by atoms with Crippen LogP contribution in [0.4, 0.5) is 0 Å². The van der Waals surface area contributed by atoms with Crippen molar-refractivity contribution in [2.75, 3.05) is 26.4 Å². The molecule has 5 heteroatoms. The zero-order valence-corrected chi connectivity index (χ0v) is 11.4. The van der Waals surface area contributed by atoms with Gasteiger partial charge in [0.05, 0.1) is 13.2 Å². The molecule has 0 spiro atoms. The number of esters is 2. The highest BCUT2D eigenvalue weighted by Crippen LogP contribution is 2.01. The molecule has 0 radical (unpaired) electrons. The molecule has 0 saturated heterocycles. The minimum atomic E-state index is -0.295. The number of carbonyl (C=O) groups excluding carboxylic acids is 2. The number of carbonyl (C=O) groups is 2. The lowest BCUT2D eigenvalue weighted by Crippen LogP contribution is -2.11. The van der Waals surface area contributed by atoms with Crippen LogP contribution >= 0.6 is 0 Å². The molecular weight excluding hydrogens is 236 g/mol. The van der Waals surface area contributed by atoms with Gasteiger partial charge in [-0.05, 0) is 19.8 Å². The lowest BCUT2D eigenvalue weighted by molar-refractivity contribution is -0.146. The van der Waals surface area contributed by atoms with Crippen molar-refractivity contribution in [3.63, 3.8) is 0 Å². The van der Waals surface area contributed by atoms with Crippen LogP contribution in [-0.2, 0) is 23.8 Å². The first-order chi connectivity index (χ1) is 8.70. The Kier molecular flexibility index (Phi) is 11.6. The monoisotopic (exact) mass is 260 g/mol. The summed E-state index contributed by atoms with van der Waals surface area (Å²) in [5.41, 5.74) is 0. The maximum Gasteiger partial charge on any atom is 0.305 e. The van der Waals surface area contributed by atoms with Gasteiger partial charge in [0.25, 0.3) is 0 Å². The maximum absolute atomic E-state index is 11.2. The first-order valence-electron chi connectivity index (χ1n) is 6.59. The summed E-state index contributed by atoms with van der Waals surface area (Å²) in [6.45, 7) is 5.68. The molecule has 0 rings (SSSR count). The van der Waals surface area contributed by atoms with E-state index in [9.17, 15) is 9.59 Å². The fourth-order valence-corrected chi connectivity index (χ4v) is 1.21. The number of hydrogen-bond donors (Lipinski definition) is 0. The second-order valence-electron chi connectivity index (χ2n) is 3.84. The molecule has 18 heavy (non-hydrogen) atoms. The SMILES string of the molecule is CCCCOC(=O)CCCC(=O)OCCOCC. The van der Waals surface area contributed by atoms with Crippen LogP contribution < -0.4 is 0 Å². The van der Waals surface area contributed by atoms with E-state index in [4.69, 9.17) is 14.2 Å². The van der Waals surface area contributed by atoms with Crippen molar-refractivity contribution in [1.82, 2.24) is 0 Å². The third-order valence-corrected chi connectivity index (χ3v) is 2.22. The van der Waals surface area contributed by atoms with Crippen LogP contribution in [0.1, 0.15) is 46.0 Å². The topological polar surface area (TPSA) is 61.8 Å². The van der Waals surface area contributed by atoms with E-state index in [0.29, 0.717) is 26.2 Å². The molecule has 0 aliphatic heterocycles. The summed E-state index contributed by atoms with van der Waals surface area (Å²) in [6.07, 6.45) is 2.86. The second-order valence-corrected chi connectivity index (χ2v) is 3.84. The van der Waals surface area contributed by atoms with Crippen molar-refractivity contribution in [3.05, 3.63) is 0 Å². The van der Waals surface area contributed by atoms with Crippen molar-refractivity contribution in [2.45, 2.75) is 46.0 Å². The highest BCUT2D eigenvalue weighted by Gasteiger charge is 2.06. The normalized spacial score (nSPS) is 10.1. The van der Waals surface area contributed by atoms with E-state index in [2.05, 4.69) is 0 Å². The molecule has 0 atom stereocenters. The number of rotatable bonds is 11. The Hall–Kier alpha value is -1.10. The Labute approximate surface area is 109 Å². The summed E-state index contributed by atoms with van der Waals surface area (Å²) in [6, 6.07) is 0. The minimum Gasteiger partial charge on any atom is -0.466 e. The van der Waals surface area contributed by atoms with Gasteiger partial charge >= 0.3 is 11.9 Å². The van der Waals surface area contributed by atoms with Gasteiger partial charge < -0.3 is 14.2 Å². The van der Waals surface area contributed by atoms with Gasteiger partial charge in [0, 0.05) is 19.4 Å². The molecule has 5 nitrogen and oxygen atoms in total. The third kappa shape index (κ3) is 11.4. The van der Waals surface area contributed by atoms with E-state index in [1.54, 1.807) is 0 Å². The third-order valence-electron chi connectivity index (χ3n) is 2.22. The zero-order valence-electron chi connectivity index (χ0n) is 11.4. The van der Waals surface area contributed by atoms with E-state index in [1.807, 2.05) is 13.8 Å². The van der Waals surface area contributed by atoms with Crippen LogP contribution in [0.5, 0.6) is 0 Å². The van der Waals surface area contributed by atoms with Crippen LogP contribution in [0, 0.1) is 0 Å². The summed E-state index contributed by atoms with van der Waals surface area (Å²) in [4.78, 5) is 22.4. The Morgan fingerprint density at radius 1 is 0.833 bits per heavy atom. The molecule has 0 unspecified atom stereocenters. The average Bonchev–Trinajstić information content (AvgIpc) is 2.35. The average molecular weight is 260 g/mol. The van der Waals surface area contributed by atoms with Crippen LogP contribution in [0.2, 0.25) is 0 Å². The molecule has 0 fully saturated rings. The van der Waals surface area contributed by atoms with Crippen molar-refractivity contribution < 1.29 is 23.8 Å². The molecule has 106 valence electrons. The van der Waals surface area contributed by atoms with Crippen molar-refractivity contribution in [3.8, 4) is 0 Å². The van der Waals surface area contributed by atoms with E-state index < -0.39 is 0 Å². The summed E-state index contributed by atoms with van der Waals surface area (Å²) in [5, 5.41) is 0. The van der Waals surface area contributed by atoms with Crippen molar-refractivity contribution in [2.24, 2.45) is 0 Å².